The van der Waals surface area contributed by atoms with E-state index in [0.29, 0.717) is 17.7 Å². The summed E-state index contributed by atoms with van der Waals surface area (Å²) in [7, 11) is 0. The van der Waals surface area contributed by atoms with E-state index < -0.39 is 23.8 Å². The van der Waals surface area contributed by atoms with Crippen LogP contribution >= 0.6 is 0 Å². The van der Waals surface area contributed by atoms with E-state index in [0.717, 1.165) is 16.3 Å². The van der Waals surface area contributed by atoms with Crippen molar-refractivity contribution in [3.63, 3.8) is 0 Å². The molecule has 0 aliphatic heterocycles. The highest BCUT2D eigenvalue weighted by Crippen LogP contribution is 2.29. The maximum Gasteiger partial charge on any atom is 0.408 e. The Bertz CT molecular complexity index is 1360. The molecule has 212 valence electrons. The lowest BCUT2D eigenvalue weighted by Crippen LogP contribution is -2.54. The Morgan fingerprint density at radius 1 is 1.00 bits per heavy atom. The van der Waals surface area contributed by atoms with E-state index in [1.165, 1.54) is 4.90 Å². The Hall–Kier alpha value is -4.13. The zero-order valence-corrected chi connectivity index (χ0v) is 24.4. The molecule has 3 atom stereocenters. The molecule has 0 bridgehead atoms. The number of alkyl carbamates (subject to hydrolysis) is 1. The average molecular weight is 544 g/mol. The molecular weight excluding hydrogens is 502 g/mol. The molecule has 3 unspecified atom stereocenters. The Balaban J connectivity index is 2.03. The minimum absolute atomic E-state index is 0.103. The van der Waals surface area contributed by atoms with Crippen LogP contribution in [0, 0.1) is 12.8 Å². The van der Waals surface area contributed by atoms with E-state index in [1.807, 2.05) is 87.5 Å². The number of benzene rings is 3. The molecule has 2 N–H and O–H groups in total. The lowest BCUT2D eigenvalue weighted by Gasteiger charge is -2.36. The largest absolute Gasteiger partial charge is 0.444 e. The van der Waals surface area contributed by atoms with Gasteiger partial charge in [0.1, 0.15) is 17.7 Å². The number of hydrogen-bond donors (Lipinski definition) is 2. The van der Waals surface area contributed by atoms with Crippen molar-refractivity contribution in [2.24, 2.45) is 5.92 Å². The zero-order chi connectivity index (χ0) is 29.4. The van der Waals surface area contributed by atoms with Crippen molar-refractivity contribution >= 4 is 34.4 Å². The van der Waals surface area contributed by atoms with E-state index in [4.69, 9.17) is 4.74 Å². The molecule has 7 nitrogen and oxygen atoms in total. The zero-order valence-electron chi connectivity index (χ0n) is 24.4. The maximum absolute atomic E-state index is 14.2. The van der Waals surface area contributed by atoms with Gasteiger partial charge in [0.25, 0.3) is 5.91 Å². The van der Waals surface area contributed by atoms with Crippen LogP contribution in [0.3, 0.4) is 0 Å². The smallest absolute Gasteiger partial charge is 0.408 e. The van der Waals surface area contributed by atoms with Gasteiger partial charge in [-0.15, -0.1) is 6.58 Å². The van der Waals surface area contributed by atoms with E-state index in [-0.39, 0.29) is 24.3 Å². The molecular formula is C33H41N3O4. The van der Waals surface area contributed by atoms with Gasteiger partial charge in [-0.1, -0.05) is 80.9 Å². The topological polar surface area (TPSA) is 87.7 Å². The fraction of sp³-hybridized carbons (Fsp3) is 0.364. The number of ether oxygens (including phenoxy) is 1. The summed E-state index contributed by atoms with van der Waals surface area (Å²) >= 11 is 0. The molecule has 40 heavy (non-hydrogen) atoms. The minimum Gasteiger partial charge on any atom is -0.444 e. The molecule has 3 aromatic rings. The van der Waals surface area contributed by atoms with Gasteiger partial charge < -0.3 is 20.3 Å². The fourth-order valence-electron chi connectivity index (χ4n) is 4.58. The second-order valence-electron chi connectivity index (χ2n) is 11.1. The third-order valence-electron chi connectivity index (χ3n) is 6.82. The number of fused-ring (bicyclic) bond motifs is 1. The second-order valence-corrected chi connectivity index (χ2v) is 11.1. The molecule has 0 heterocycles. The first-order valence-electron chi connectivity index (χ1n) is 13.7. The molecule has 0 aliphatic carbocycles. The molecule has 0 spiro atoms. The number of rotatable bonds is 10. The number of anilines is 1. The second kappa shape index (κ2) is 13.3. The van der Waals surface area contributed by atoms with Crippen LogP contribution in [0.25, 0.3) is 10.8 Å². The summed E-state index contributed by atoms with van der Waals surface area (Å²) in [6, 6.07) is 19.2. The lowest BCUT2D eigenvalue weighted by atomic mass is 9.94. The van der Waals surface area contributed by atoms with Crippen molar-refractivity contribution in [3.8, 4) is 0 Å². The van der Waals surface area contributed by atoms with Gasteiger partial charge in [0.2, 0.25) is 5.91 Å². The van der Waals surface area contributed by atoms with Crippen LogP contribution < -0.4 is 10.6 Å². The number of nitrogens with one attached hydrogen (secondary N) is 2. The summed E-state index contributed by atoms with van der Waals surface area (Å²) in [5, 5.41) is 7.85. The van der Waals surface area contributed by atoms with Crippen LogP contribution in [0.5, 0.6) is 0 Å². The van der Waals surface area contributed by atoms with Crippen molar-refractivity contribution in [2.45, 2.75) is 65.6 Å². The van der Waals surface area contributed by atoms with Crippen LogP contribution in [-0.4, -0.2) is 41.0 Å². The first-order chi connectivity index (χ1) is 18.9. The van der Waals surface area contributed by atoms with E-state index in [2.05, 4.69) is 17.2 Å². The molecule has 0 aromatic heterocycles. The van der Waals surface area contributed by atoms with Crippen molar-refractivity contribution < 1.29 is 19.1 Å². The number of aryl methyl sites for hydroxylation is 1. The number of carbonyl (C=O) groups excluding carboxylic acids is 3. The van der Waals surface area contributed by atoms with Crippen molar-refractivity contribution in [3.05, 3.63) is 90.5 Å². The first-order valence-corrected chi connectivity index (χ1v) is 13.7. The van der Waals surface area contributed by atoms with Gasteiger partial charge in [-0.25, -0.2) is 4.79 Å². The average Bonchev–Trinajstić information content (AvgIpc) is 2.90. The number of amides is 3. The summed E-state index contributed by atoms with van der Waals surface area (Å²) in [5.74, 6) is -0.963. The summed E-state index contributed by atoms with van der Waals surface area (Å²) < 4.78 is 5.46. The van der Waals surface area contributed by atoms with Crippen LogP contribution in [0.1, 0.15) is 58.2 Å². The standard InChI is InChI=1S/C33H41N3O4/c1-8-20-36(31(38)28(22(3)9-2)35-32(39)40-33(5,6)7)29(27-17-13-10-14-23(27)4)30(37)34-26-19-18-24-15-11-12-16-25(24)21-26/h8,10-19,21-22,28-29H,1,9,20H2,2-7H3,(H,34,37)(H,35,39). The molecule has 0 aliphatic rings. The Labute approximate surface area is 237 Å². The predicted molar refractivity (Wildman–Crippen MR) is 161 cm³/mol. The predicted octanol–water partition coefficient (Wildman–Crippen LogP) is 6.78. The number of hydrogen-bond acceptors (Lipinski definition) is 4. The molecule has 0 saturated heterocycles. The SMILES string of the molecule is C=CCN(C(=O)C(NC(=O)OC(C)(C)C)C(C)CC)C(C(=O)Nc1ccc2ccccc2c1)c1ccccc1C. The minimum atomic E-state index is -0.967. The monoisotopic (exact) mass is 543 g/mol. The van der Waals surface area contributed by atoms with Gasteiger partial charge in [-0.2, -0.15) is 0 Å². The Kier molecular flexibility index (Phi) is 10.1. The summed E-state index contributed by atoms with van der Waals surface area (Å²) in [6.07, 6.45) is 1.54. The first kappa shape index (κ1) is 30.4. The number of carbonyl (C=O) groups is 3. The van der Waals surface area contributed by atoms with Gasteiger partial charge in [0.15, 0.2) is 0 Å². The molecule has 0 radical (unpaired) electrons. The van der Waals surface area contributed by atoms with Crippen molar-refractivity contribution in [2.75, 3.05) is 11.9 Å². The quantitative estimate of drug-likeness (QED) is 0.276. The van der Waals surface area contributed by atoms with Gasteiger partial charge >= 0.3 is 6.09 Å². The van der Waals surface area contributed by atoms with E-state index in [1.54, 1.807) is 26.8 Å². The molecule has 3 amide bonds. The third kappa shape index (κ3) is 7.72. The maximum atomic E-state index is 14.2. The van der Waals surface area contributed by atoms with E-state index in [9.17, 15) is 14.4 Å². The lowest BCUT2D eigenvalue weighted by molar-refractivity contribution is -0.141. The van der Waals surface area contributed by atoms with Gasteiger partial charge in [0.05, 0.1) is 0 Å². The van der Waals surface area contributed by atoms with E-state index >= 15 is 0 Å². The molecule has 0 fully saturated rings. The van der Waals surface area contributed by atoms with Gasteiger partial charge in [-0.05, 0) is 67.6 Å². The summed E-state index contributed by atoms with van der Waals surface area (Å²) in [4.78, 5) is 42.5. The van der Waals surface area contributed by atoms with Crippen LogP contribution in [0.2, 0.25) is 0 Å². The van der Waals surface area contributed by atoms with Crippen molar-refractivity contribution in [1.29, 1.82) is 0 Å². The highest BCUT2D eigenvalue weighted by molar-refractivity contribution is 6.00. The molecule has 7 heteroatoms. The molecule has 3 aromatic carbocycles. The normalized spacial score (nSPS) is 13.6. The third-order valence-corrected chi connectivity index (χ3v) is 6.82. The van der Waals surface area contributed by atoms with Gasteiger partial charge in [0, 0.05) is 12.2 Å². The Morgan fingerprint density at radius 2 is 1.65 bits per heavy atom. The number of nitrogens with zero attached hydrogens (tertiary/aromatic N) is 1. The van der Waals surface area contributed by atoms with Crippen LogP contribution in [0.15, 0.2) is 79.4 Å². The van der Waals surface area contributed by atoms with Crippen molar-refractivity contribution in [1.82, 2.24) is 10.2 Å². The highest BCUT2D eigenvalue weighted by atomic mass is 16.6. The highest BCUT2D eigenvalue weighted by Gasteiger charge is 2.38. The van der Waals surface area contributed by atoms with Crippen LogP contribution in [0.4, 0.5) is 10.5 Å². The Morgan fingerprint density at radius 3 is 2.27 bits per heavy atom. The van der Waals surface area contributed by atoms with Gasteiger partial charge in [-0.3, -0.25) is 9.59 Å². The molecule has 3 rings (SSSR count). The molecule has 0 saturated carbocycles. The summed E-state index contributed by atoms with van der Waals surface area (Å²) in [5.41, 5.74) is 1.45. The van der Waals surface area contributed by atoms with Crippen LogP contribution in [-0.2, 0) is 14.3 Å². The summed E-state index contributed by atoms with van der Waals surface area (Å²) in [6.45, 7) is 15.0. The fourth-order valence-corrected chi connectivity index (χ4v) is 4.58.